The van der Waals surface area contributed by atoms with Crippen LogP contribution in [-0.2, 0) is 0 Å². The van der Waals surface area contributed by atoms with Crippen LogP contribution in [0, 0.1) is 0 Å². The fraction of sp³-hybridized carbons (Fsp3) is 0.238. The number of aliphatic hydroxyl groups excluding tert-OH is 2. The van der Waals surface area contributed by atoms with Crippen molar-refractivity contribution in [3.63, 3.8) is 0 Å². The van der Waals surface area contributed by atoms with Crippen molar-refractivity contribution in [1.82, 2.24) is 15.3 Å². The predicted molar refractivity (Wildman–Crippen MR) is 118 cm³/mol. The van der Waals surface area contributed by atoms with Crippen molar-refractivity contribution >= 4 is 34.9 Å². The van der Waals surface area contributed by atoms with Gasteiger partial charge < -0.3 is 25.8 Å². The van der Waals surface area contributed by atoms with E-state index < -0.39 is 6.04 Å². The van der Waals surface area contributed by atoms with Gasteiger partial charge in [0.2, 0.25) is 0 Å². The van der Waals surface area contributed by atoms with E-state index in [1.54, 1.807) is 42.6 Å². The van der Waals surface area contributed by atoms with Crippen LogP contribution in [0.2, 0.25) is 10.0 Å². The summed E-state index contributed by atoms with van der Waals surface area (Å²) in [7, 11) is 0. The molecule has 2 atom stereocenters. The van der Waals surface area contributed by atoms with Gasteiger partial charge in [0.25, 0.3) is 5.91 Å². The Morgan fingerprint density at radius 1 is 1.20 bits per heavy atom. The molecule has 0 radical (unpaired) electrons. The SMILES string of the molecule is CC(CO)Nc1cc(-c2c[nH]c(C(=O)NC(CO)c3cccc(Cl)c3)c2)c(Cl)cn1. The number of aliphatic hydroxyl groups is 2. The van der Waals surface area contributed by atoms with E-state index in [0.29, 0.717) is 38.2 Å². The standard InChI is InChI=1S/C21H22Cl2N4O3/c1-12(10-28)26-20-7-16(17(23)9-25-20)14-6-18(24-8-14)21(30)27-19(11-29)13-3-2-4-15(22)5-13/h2-9,12,19,24,28-29H,10-11H2,1H3,(H,25,26)(H,27,30). The lowest BCUT2D eigenvalue weighted by Gasteiger charge is -2.16. The monoisotopic (exact) mass is 448 g/mol. The highest BCUT2D eigenvalue weighted by molar-refractivity contribution is 6.33. The average molecular weight is 449 g/mol. The Balaban J connectivity index is 1.78. The number of aromatic amines is 1. The highest BCUT2D eigenvalue weighted by Gasteiger charge is 2.18. The molecule has 5 N–H and O–H groups in total. The third-order valence-corrected chi connectivity index (χ3v) is 5.04. The quantitative estimate of drug-likeness (QED) is 0.361. The first-order chi connectivity index (χ1) is 14.4. The van der Waals surface area contributed by atoms with Gasteiger partial charge in [-0.25, -0.2) is 4.98 Å². The van der Waals surface area contributed by atoms with Gasteiger partial charge >= 0.3 is 0 Å². The summed E-state index contributed by atoms with van der Waals surface area (Å²) in [6, 6.07) is 9.62. The van der Waals surface area contributed by atoms with Gasteiger partial charge in [-0.05, 0) is 36.8 Å². The molecular weight excluding hydrogens is 427 g/mol. The Morgan fingerprint density at radius 2 is 2.00 bits per heavy atom. The number of amides is 1. The van der Waals surface area contributed by atoms with Crippen LogP contribution < -0.4 is 10.6 Å². The molecule has 30 heavy (non-hydrogen) atoms. The molecule has 0 saturated heterocycles. The highest BCUT2D eigenvalue weighted by Crippen LogP contribution is 2.30. The minimum atomic E-state index is -0.594. The lowest BCUT2D eigenvalue weighted by Crippen LogP contribution is -2.31. The summed E-state index contributed by atoms with van der Waals surface area (Å²) < 4.78 is 0. The lowest BCUT2D eigenvalue weighted by atomic mass is 10.1. The van der Waals surface area contributed by atoms with Crippen molar-refractivity contribution in [3.05, 3.63) is 70.1 Å². The average Bonchev–Trinajstić information content (AvgIpc) is 3.23. The Morgan fingerprint density at radius 3 is 2.70 bits per heavy atom. The van der Waals surface area contributed by atoms with Crippen LogP contribution in [0.25, 0.3) is 11.1 Å². The van der Waals surface area contributed by atoms with E-state index in [-0.39, 0.29) is 25.2 Å². The molecule has 2 aromatic heterocycles. The number of H-pyrrole nitrogens is 1. The third-order valence-electron chi connectivity index (χ3n) is 4.50. The Kier molecular flexibility index (Phi) is 7.33. The number of anilines is 1. The summed E-state index contributed by atoms with van der Waals surface area (Å²) in [6.45, 7) is 1.52. The van der Waals surface area contributed by atoms with Gasteiger partial charge in [-0.1, -0.05) is 35.3 Å². The maximum Gasteiger partial charge on any atom is 0.268 e. The largest absolute Gasteiger partial charge is 0.394 e. The van der Waals surface area contributed by atoms with E-state index in [1.807, 2.05) is 6.92 Å². The van der Waals surface area contributed by atoms with Gasteiger partial charge in [-0.3, -0.25) is 4.79 Å². The minimum absolute atomic E-state index is 0.0350. The van der Waals surface area contributed by atoms with Crippen molar-refractivity contribution in [1.29, 1.82) is 0 Å². The first-order valence-corrected chi connectivity index (χ1v) is 10.1. The summed E-state index contributed by atoms with van der Waals surface area (Å²) in [4.78, 5) is 19.8. The zero-order chi connectivity index (χ0) is 21.7. The van der Waals surface area contributed by atoms with Crippen molar-refractivity contribution in [2.75, 3.05) is 18.5 Å². The van der Waals surface area contributed by atoms with Crippen molar-refractivity contribution in [3.8, 4) is 11.1 Å². The highest BCUT2D eigenvalue weighted by atomic mass is 35.5. The van der Waals surface area contributed by atoms with E-state index in [1.165, 1.54) is 6.20 Å². The molecule has 7 nitrogen and oxygen atoms in total. The van der Waals surface area contributed by atoms with E-state index in [0.717, 1.165) is 0 Å². The Hall–Kier alpha value is -2.58. The van der Waals surface area contributed by atoms with Crippen LogP contribution in [0.3, 0.4) is 0 Å². The zero-order valence-electron chi connectivity index (χ0n) is 16.2. The molecule has 9 heteroatoms. The normalized spacial score (nSPS) is 13.0. The molecule has 1 amide bonds. The van der Waals surface area contributed by atoms with Crippen LogP contribution >= 0.6 is 23.2 Å². The van der Waals surface area contributed by atoms with E-state index in [9.17, 15) is 15.0 Å². The fourth-order valence-electron chi connectivity index (χ4n) is 2.91. The first-order valence-electron chi connectivity index (χ1n) is 9.30. The summed E-state index contributed by atoms with van der Waals surface area (Å²) in [6.07, 6.45) is 3.18. The van der Waals surface area contributed by atoms with Gasteiger partial charge in [0.1, 0.15) is 11.5 Å². The molecule has 3 aromatic rings. The number of rotatable bonds is 8. The van der Waals surface area contributed by atoms with Gasteiger partial charge in [0.05, 0.1) is 24.3 Å². The van der Waals surface area contributed by atoms with Gasteiger partial charge in [-0.15, -0.1) is 0 Å². The van der Waals surface area contributed by atoms with Gasteiger partial charge in [0, 0.05) is 34.6 Å². The molecule has 0 aliphatic carbocycles. The summed E-state index contributed by atoms with van der Waals surface area (Å²) in [5.74, 6) is 0.183. The summed E-state index contributed by atoms with van der Waals surface area (Å²) >= 11 is 12.3. The van der Waals surface area contributed by atoms with Gasteiger partial charge in [-0.2, -0.15) is 0 Å². The maximum absolute atomic E-state index is 12.7. The van der Waals surface area contributed by atoms with Crippen LogP contribution in [0.1, 0.15) is 29.0 Å². The molecule has 1 aromatic carbocycles. The molecule has 0 saturated carbocycles. The zero-order valence-corrected chi connectivity index (χ0v) is 17.7. The molecule has 2 unspecified atom stereocenters. The summed E-state index contributed by atoms with van der Waals surface area (Å²) in [5.41, 5.74) is 2.41. The number of hydrogen-bond donors (Lipinski definition) is 5. The first kappa shape index (κ1) is 22.1. The minimum Gasteiger partial charge on any atom is -0.394 e. The number of carbonyl (C=O) groups is 1. The van der Waals surface area contributed by atoms with Crippen LogP contribution in [0.15, 0.2) is 48.8 Å². The predicted octanol–water partition coefficient (Wildman–Crippen LogP) is 3.64. The number of aromatic nitrogens is 2. The second kappa shape index (κ2) is 9.95. The fourth-order valence-corrected chi connectivity index (χ4v) is 3.32. The number of pyridine rings is 1. The van der Waals surface area contributed by atoms with Crippen molar-refractivity contribution < 1.29 is 15.0 Å². The molecular formula is C21H22Cl2N4O3. The van der Waals surface area contributed by atoms with Gasteiger partial charge in [0.15, 0.2) is 0 Å². The number of hydrogen-bond acceptors (Lipinski definition) is 5. The number of benzene rings is 1. The second-order valence-electron chi connectivity index (χ2n) is 6.84. The molecule has 2 heterocycles. The number of nitrogens with one attached hydrogen (secondary N) is 3. The molecule has 0 aliphatic heterocycles. The number of nitrogens with zero attached hydrogens (tertiary/aromatic N) is 1. The van der Waals surface area contributed by atoms with Crippen molar-refractivity contribution in [2.45, 2.75) is 19.0 Å². The molecule has 0 spiro atoms. The number of halogens is 2. The smallest absolute Gasteiger partial charge is 0.268 e. The third kappa shape index (κ3) is 5.31. The van der Waals surface area contributed by atoms with E-state index in [2.05, 4.69) is 20.6 Å². The topological polar surface area (TPSA) is 110 Å². The van der Waals surface area contributed by atoms with Crippen LogP contribution in [-0.4, -0.2) is 45.3 Å². The summed E-state index contributed by atoms with van der Waals surface area (Å²) in [5, 5.41) is 25.7. The van der Waals surface area contributed by atoms with E-state index in [4.69, 9.17) is 23.2 Å². The second-order valence-corrected chi connectivity index (χ2v) is 7.69. The van der Waals surface area contributed by atoms with Crippen LogP contribution in [0.5, 0.6) is 0 Å². The maximum atomic E-state index is 12.7. The molecule has 3 rings (SSSR count). The van der Waals surface area contributed by atoms with E-state index >= 15 is 0 Å². The molecule has 0 fully saturated rings. The Labute approximate surface area is 184 Å². The number of carbonyl (C=O) groups excluding carboxylic acids is 1. The lowest BCUT2D eigenvalue weighted by molar-refractivity contribution is 0.0911. The van der Waals surface area contributed by atoms with Crippen LogP contribution in [0.4, 0.5) is 5.82 Å². The molecule has 158 valence electrons. The van der Waals surface area contributed by atoms with Crippen molar-refractivity contribution in [2.24, 2.45) is 0 Å². The molecule has 0 bridgehead atoms. The Bertz CT molecular complexity index is 1020. The molecule has 0 aliphatic rings.